The largest absolute Gasteiger partial charge is 0.254 e. The number of fused-ring (bicyclic) bond motifs is 1. The summed E-state index contributed by atoms with van der Waals surface area (Å²) in [6, 6.07) is 6.96. The molecule has 1 aliphatic heterocycles. The third kappa shape index (κ3) is 4.01. The molecular weight excluding hydrogens is 240 g/mol. The van der Waals surface area contributed by atoms with Crippen LogP contribution in [0.1, 0.15) is 50.3 Å². The fourth-order valence-corrected chi connectivity index (χ4v) is 2.76. The highest BCUT2D eigenvalue weighted by Crippen LogP contribution is 2.26. The van der Waals surface area contributed by atoms with Crippen molar-refractivity contribution in [3.8, 4) is 0 Å². The topological polar surface area (TPSA) is 15.3 Å². The van der Waals surface area contributed by atoms with Crippen LogP contribution in [0.4, 0.5) is 0 Å². The van der Waals surface area contributed by atoms with Crippen LogP contribution in [0, 0.1) is 0 Å². The van der Waals surface area contributed by atoms with E-state index in [4.69, 9.17) is 0 Å². The van der Waals surface area contributed by atoms with Gasteiger partial charge in [-0.05, 0) is 36.1 Å². The van der Waals surface area contributed by atoms with Crippen molar-refractivity contribution in [3.05, 3.63) is 34.9 Å². The third-order valence-electron chi connectivity index (χ3n) is 3.09. The zero-order valence-corrected chi connectivity index (χ0v) is 13.1. The minimum atomic E-state index is 0.634. The molecule has 1 aromatic carbocycles. The molecule has 1 N–H and O–H groups in total. The Labute approximate surface area is 116 Å². The van der Waals surface area contributed by atoms with Gasteiger partial charge in [0.1, 0.15) is 0 Å². The Morgan fingerprint density at radius 2 is 1.94 bits per heavy atom. The Morgan fingerprint density at radius 3 is 2.56 bits per heavy atom. The number of nitrogens with one attached hydrogen (secondary N) is 1. The van der Waals surface area contributed by atoms with Gasteiger partial charge in [-0.15, -0.1) is 0 Å². The molecule has 0 bridgehead atoms. The van der Waals surface area contributed by atoms with E-state index < -0.39 is 0 Å². The highest BCUT2D eigenvalue weighted by molar-refractivity contribution is 7.95. The quantitative estimate of drug-likeness (QED) is 0.833. The Bertz CT molecular complexity index is 364. The van der Waals surface area contributed by atoms with E-state index in [9.17, 15) is 0 Å². The molecular formula is C15H26N2S. The molecule has 2 rings (SSSR count). The average Bonchev–Trinajstić information content (AvgIpc) is 2.40. The van der Waals surface area contributed by atoms with Gasteiger partial charge in [0, 0.05) is 25.2 Å². The summed E-state index contributed by atoms with van der Waals surface area (Å²) in [6.07, 6.45) is 1.17. The second-order valence-corrected chi connectivity index (χ2v) is 5.70. The maximum absolute atomic E-state index is 3.14. The summed E-state index contributed by atoms with van der Waals surface area (Å²) in [5.41, 5.74) is 4.49. The van der Waals surface area contributed by atoms with E-state index in [1.165, 1.54) is 17.5 Å². The molecule has 0 radical (unpaired) electrons. The Hall–Kier alpha value is -0.510. The van der Waals surface area contributed by atoms with Gasteiger partial charge in [0.25, 0.3) is 0 Å². The summed E-state index contributed by atoms with van der Waals surface area (Å²) >= 11 is 1.71. The second-order valence-electron chi connectivity index (χ2n) is 4.59. The fraction of sp³-hybridized carbons (Fsp3) is 0.600. The van der Waals surface area contributed by atoms with E-state index in [-0.39, 0.29) is 0 Å². The second kappa shape index (κ2) is 7.82. The van der Waals surface area contributed by atoms with E-state index in [1.54, 1.807) is 17.7 Å². The number of hydrogen-bond acceptors (Lipinski definition) is 3. The van der Waals surface area contributed by atoms with Crippen LogP contribution in [0.15, 0.2) is 18.2 Å². The van der Waals surface area contributed by atoms with Crippen LogP contribution in [0.2, 0.25) is 0 Å². The van der Waals surface area contributed by atoms with Crippen LogP contribution < -0.4 is 4.72 Å². The first-order valence-electron chi connectivity index (χ1n) is 6.91. The zero-order chi connectivity index (χ0) is 13.5. The lowest BCUT2D eigenvalue weighted by molar-refractivity contribution is 0.442. The van der Waals surface area contributed by atoms with Crippen LogP contribution in [0.3, 0.4) is 0 Å². The molecule has 0 aromatic heterocycles. The molecule has 0 aliphatic carbocycles. The average molecular weight is 266 g/mol. The van der Waals surface area contributed by atoms with E-state index in [0.717, 1.165) is 13.1 Å². The highest BCUT2D eigenvalue weighted by Gasteiger charge is 2.16. The Balaban J connectivity index is 0.000000771. The lowest BCUT2D eigenvalue weighted by atomic mass is 9.94. The van der Waals surface area contributed by atoms with Gasteiger partial charge in [0.15, 0.2) is 0 Å². The van der Waals surface area contributed by atoms with Crippen LogP contribution in [-0.2, 0) is 13.0 Å². The monoisotopic (exact) mass is 266 g/mol. The van der Waals surface area contributed by atoms with E-state index in [1.807, 2.05) is 20.9 Å². The number of hydrogen-bond donors (Lipinski definition) is 1. The molecule has 0 atom stereocenters. The molecule has 0 saturated heterocycles. The number of nitrogens with zero attached hydrogens (tertiary/aromatic N) is 1. The molecule has 18 heavy (non-hydrogen) atoms. The van der Waals surface area contributed by atoms with Gasteiger partial charge in [-0.2, -0.15) is 0 Å². The van der Waals surface area contributed by atoms with Crippen molar-refractivity contribution in [2.24, 2.45) is 0 Å². The molecule has 102 valence electrons. The highest BCUT2D eigenvalue weighted by atomic mass is 32.2. The minimum absolute atomic E-state index is 0.634. The maximum atomic E-state index is 3.14. The van der Waals surface area contributed by atoms with Crippen molar-refractivity contribution in [2.45, 2.75) is 46.6 Å². The van der Waals surface area contributed by atoms with Crippen molar-refractivity contribution in [1.29, 1.82) is 0 Å². The van der Waals surface area contributed by atoms with Crippen LogP contribution >= 0.6 is 12.1 Å². The fourth-order valence-electron chi connectivity index (χ4n) is 2.11. The summed E-state index contributed by atoms with van der Waals surface area (Å²) in [6.45, 7) is 10.7. The lowest BCUT2D eigenvalue weighted by Crippen LogP contribution is -2.27. The van der Waals surface area contributed by atoms with Crippen molar-refractivity contribution in [1.82, 2.24) is 9.03 Å². The van der Waals surface area contributed by atoms with E-state index in [2.05, 4.69) is 41.1 Å². The smallest absolute Gasteiger partial charge is 0.0355 e. The van der Waals surface area contributed by atoms with E-state index >= 15 is 0 Å². The first-order chi connectivity index (χ1) is 8.70. The molecule has 1 heterocycles. The first kappa shape index (κ1) is 15.5. The SMILES string of the molecule is CC.CNSN1CCc2cc(C(C)C)ccc2C1. The summed E-state index contributed by atoms with van der Waals surface area (Å²) in [5.74, 6) is 0.634. The van der Waals surface area contributed by atoms with Gasteiger partial charge >= 0.3 is 0 Å². The third-order valence-corrected chi connectivity index (χ3v) is 3.85. The molecule has 3 heteroatoms. The minimum Gasteiger partial charge on any atom is -0.254 e. The Kier molecular flexibility index (Phi) is 6.76. The van der Waals surface area contributed by atoms with E-state index in [0.29, 0.717) is 5.92 Å². The summed E-state index contributed by atoms with van der Waals surface area (Å²) in [5, 5.41) is 0. The summed E-state index contributed by atoms with van der Waals surface area (Å²) in [4.78, 5) is 0. The lowest BCUT2D eigenvalue weighted by Gasteiger charge is -2.27. The molecule has 1 aromatic rings. The molecule has 0 fully saturated rings. The van der Waals surface area contributed by atoms with Gasteiger partial charge in [-0.3, -0.25) is 4.72 Å². The van der Waals surface area contributed by atoms with Gasteiger partial charge in [-0.1, -0.05) is 45.9 Å². The van der Waals surface area contributed by atoms with Gasteiger partial charge in [-0.25, -0.2) is 4.31 Å². The van der Waals surface area contributed by atoms with Crippen LogP contribution in [-0.4, -0.2) is 17.9 Å². The standard InChI is InChI=1S/C13H20N2S.C2H6/c1-10(2)11-4-5-13-9-15(16-14-3)7-6-12(13)8-11;1-2/h4-5,8,10,14H,6-7,9H2,1-3H3;1-2H3. The Morgan fingerprint density at radius 1 is 1.22 bits per heavy atom. The van der Waals surface area contributed by atoms with Gasteiger partial charge in [0.05, 0.1) is 0 Å². The van der Waals surface area contributed by atoms with Crippen molar-refractivity contribution in [2.75, 3.05) is 13.6 Å². The van der Waals surface area contributed by atoms with Crippen LogP contribution in [0.5, 0.6) is 0 Å². The molecule has 0 spiro atoms. The summed E-state index contributed by atoms with van der Waals surface area (Å²) in [7, 11) is 1.97. The summed E-state index contributed by atoms with van der Waals surface area (Å²) < 4.78 is 5.51. The van der Waals surface area contributed by atoms with Crippen molar-refractivity contribution < 1.29 is 0 Å². The number of benzene rings is 1. The van der Waals surface area contributed by atoms with Crippen molar-refractivity contribution in [3.63, 3.8) is 0 Å². The molecule has 0 unspecified atom stereocenters. The molecule has 0 saturated carbocycles. The normalized spacial score (nSPS) is 15.0. The number of rotatable bonds is 3. The maximum Gasteiger partial charge on any atom is 0.0355 e. The van der Waals surface area contributed by atoms with Crippen LogP contribution in [0.25, 0.3) is 0 Å². The first-order valence-corrected chi connectivity index (χ1v) is 7.68. The van der Waals surface area contributed by atoms with Crippen molar-refractivity contribution >= 4 is 12.1 Å². The predicted octanol–water partition coefficient (Wildman–Crippen LogP) is 3.98. The predicted molar refractivity (Wildman–Crippen MR) is 82.6 cm³/mol. The molecule has 0 amide bonds. The van der Waals surface area contributed by atoms with Gasteiger partial charge in [0.2, 0.25) is 0 Å². The molecule has 2 nitrogen and oxygen atoms in total. The molecule has 1 aliphatic rings. The zero-order valence-electron chi connectivity index (χ0n) is 12.3. The van der Waals surface area contributed by atoms with Gasteiger partial charge < -0.3 is 0 Å².